The molecule has 118 valence electrons. The molecule has 0 bridgehead atoms. The predicted molar refractivity (Wildman–Crippen MR) is 79.7 cm³/mol. The zero-order chi connectivity index (χ0) is 16.1. The predicted octanol–water partition coefficient (Wildman–Crippen LogP) is 1.47. The maximum absolute atomic E-state index is 12.5. The Kier molecular flexibility index (Phi) is 3.16. The fourth-order valence-electron chi connectivity index (χ4n) is 2.66. The van der Waals surface area contributed by atoms with Crippen LogP contribution in [0.3, 0.4) is 0 Å². The summed E-state index contributed by atoms with van der Waals surface area (Å²) in [5.74, 6) is -0.264. The van der Waals surface area contributed by atoms with Crippen molar-refractivity contribution >= 4 is 23.3 Å². The number of hydrogen-bond donors (Lipinski definition) is 2. The molecule has 1 aromatic carbocycles. The summed E-state index contributed by atoms with van der Waals surface area (Å²) in [6, 6.07) is 2.89. The smallest absolute Gasteiger partial charge is 0.329 e. The Balaban J connectivity index is 2.16. The van der Waals surface area contributed by atoms with E-state index in [1.807, 2.05) is 0 Å². The van der Waals surface area contributed by atoms with Crippen LogP contribution in [0.15, 0.2) is 12.1 Å². The molecule has 0 spiro atoms. The number of rotatable bonds is 2. The molecule has 0 fully saturated rings. The van der Waals surface area contributed by atoms with Crippen molar-refractivity contribution in [3.63, 3.8) is 0 Å². The number of nitrogens with zero attached hydrogens (tertiary/aromatic N) is 1. The third kappa shape index (κ3) is 2.04. The molecule has 1 atom stereocenters. The monoisotopic (exact) mass is 306 g/mol. The fourth-order valence-corrected chi connectivity index (χ4v) is 2.66. The van der Waals surface area contributed by atoms with Crippen molar-refractivity contribution in [2.45, 2.75) is 32.4 Å². The van der Waals surface area contributed by atoms with Crippen LogP contribution < -0.4 is 19.7 Å². The van der Waals surface area contributed by atoms with Gasteiger partial charge >= 0.3 is 5.97 Å². The average Bonchev–Trinajstić information content (AvgIpc) is 2.46. The van der Waals surface area contributed by atoms with Crippen LogP contribution in [0.25, 0.3) is 0 Å². The van der Waals surface area contributed by atoms with E-state index in [4.69, 9.17) is 9.47 Å². The number of ether oxygens (including phenoxy) is 2. The van der Waals surface area contributed by atoms with Crippen LogP contribution in [0.1, 0.15) is 20.8 Å². The topological polar surface area (TPSA) is 88.1 Å². The minimum absolute atomic E-state index is 0.295. The largest absolute Gasteiger partial charge is 0.486 e. The first-order chi connectivity index (χ1) is 10.3. The number of carboxylic acid groups (broad SMARTS) is 1. The first kappa shape index (κ1) is 14.5. The summed E-state index contributed by atoms with van der Waals surface area (Å²) in [7, 11) is 0. The molecule has 2 heterocycles. The zero-order valence-corrected chi connectivity index (χ0v) is 12.7. The molecule has 1 aromatic rings. The number of carbonyl (C=O) groups is 2. The van der Waals surface area contributed by atoms with Crippen LogP contribution in [0.4, 0.5) is 11.4 Å². The highest BCUT2D eigenvalue weighted by Crippen LogP contribution is 2.44. The second-order valence-corrected chi connectivity index (χ2v) is 5.92. The number of nitrogens with one attached hydrogen (secondary N) is 1. The van der Waals surface area contributed by atoms with Gasteiger partial charge in [-0.25, -0.2) is 4.79 Å². The number of benzene rings is 1. The number of hydrogen-bond acceptors (Lipinski definition) is 5. The number of anilines is 2. The molecule has 2 aliphatic heterocycles. The highest BCUT2D eigenvalue weighted by atomic mass is 16.6. The maximum Gasteiger partial charge on any atom is 0.329 e. The molecule has 3 rings (SSSR count). The molecule has 1 amide bonds. The van der Waals surface area contributed by atoms with Crippen LogP contribution in [0.5, 0.6) is 11.5 Å². The third-order valence-corrected chi connectivity index (χ3v) is 3.95. The Morgan fingerprint density at radius 3 is 2.50 bits per heavy atom. The fraction of sp³-hybridized carbons (Fsp3) is 0.467. The standard InChI is InChI=1S/C15H18N2O5/c1-8-13(18)17(15(2,3)14(19)20)10-7-12-11(6-9(10)16-8)21-4-5-22-12/h6-8,16H,4-5H2,1-3H3,(H,19,20). The molecule has 2 N–H and O–H groups in total. The van der Waals surface area contributed by atoms with Crippen LogP contribution >= 0.6 is 0 Å². The van der Waals surface area contributed by atoms with E-state index >= 15 is 0 Å². The van der Waals surface area contributed by atoms with E-state index < -0.39 is 17.6 Å². The molecule has 7 nitrogen and oxygen atoms in total. The Morgan fingerprint density at radius 1 is 1.32 bits per heavy atom. The van der Waals surface area contributed by atoms with E-state index in [0.29, 0.717) is 36.1 Å². The molecule has 0 radical (unpaired) electrons. The van der Waals surface area contributed by atoms with Gasteiger partial charge < -0.3 is 19.9 Å². The minimum Gasteiger partial charge on any atom is -0.486 e. The van der Waals surface area contributed by atoms with Gasteiger partial charge in [-0.05, 0) is 20.8 Å². The number of aliphatic carboxylic acids is 1. The summed E-state index contributed by atoms with van der Waals surface area (Å²) in [4.78, 5) is 25.4. The highest BCUT2D eigenvalue weighted by Gasteiger charge is 2.44. The van der Waals surface area contributed by atoms with Gasteiger partial charge in [0.25, 0.3) is 0 Å². The molecular weight excluding hydrogens is 288 g/mol. The van der Waals surface area contributed by atoms with Crippen molar-refractivity contribution in [2.75, 3.05) is 23.4 Å². The van der Waals surface area contributed by atoms with Gasteiger partial charge in [-0.1, -0.05) is 0 Å². The van der Waals surface area contributed by atoms with E-state index in [0.717, 1.165) is 0 Å². The molecule has 2 aliphatic rings. The summed E-state index contributed by atoms with van der Waals surface area (Å²) in [6.07, 6.45) is 0. The first-order valence-corrected chi connectivity index (χ1v) is 7.10. The van der Waals surface area contributed by atoms with Gasteiger partial charge in [-0.15, -0.1) is 0 Å². The summed E-state index contributed by atoms with van der Waals surface area (Å²) in [5, 5.41) is 12.6. The Hall–Kier alpha value is -2.44. The SMILES string of the molecule is CC1Nc2cc3c(cc2N(C(C)(C)C(=O)O)C1=O)OCCO3. The molecule has 22 heavy (non-hydrogen) atoms. The third-order valence-electron chi connectivity index (χ3n) is 3.95. The molecule has 0 saturated heterocycles. The molecule has 0 saturated carbocycles. The molecule has 1 unspecified atom stereocenters. The highest BCUT2D eigenvalue weighted by molar-refractivity contribution is 6.09. The van der Waals surface area contributed by atoms with Gasteiger partial charge in [0.2, 0.25) is 5.91 Å². The Bertz CT molecular complexity index is 656. The minimum atomic E-state index is -1.37. The Morgan fingerprint density at radius 2 is 1.91 bits per heavy atom. The molecule has 0 aromatic heterocycles. The maximum atomic E-state index is 12.5. The van der Waals surface area contributed by atoms with Crippen molar-refractivity contribution in [3.05, 3.63) is 12.1 Å². The molecule has 7 heteroatoms. The van der Waals surface area contributed by atoms with E-state index in [-0.39, 0.29) is 5.91 Å². The zero-order valence-electron chi connectivity index (χ0n) is 12.7. The normalized spacial score (nSPS) is 20.2. The van der Waals surface area contributed by atoms with Crippen LogP contribution in [-0.2, 0) is 9.59 Å². The Labute approximate surface area is 127 Å². The van der Waals surface area contributed by atoms with E-state index in [1.54, 1.807) is 19.1 Å². The summed E-state index contributed by atoms with van der Waals surface area (Å²) in [5.41, 5.74) is -0.225. The summed E-state index contributed by atoms with van der Waals surface area (Å²) >= 11 is 0. The number of carbonyl (C=O) groups excluding carboxylic acids is 1. The lowest BCUT2D eigenvalue weighted by Gasteiger charge is -2.42. The molecule has 0 aliphatic carbocycles. The van der Waals surface area contributed by atoms with Crippen molar-refractivity contribution < 1.29 is 24.2 Å². The second-order valence-electron chi connectivity index (χ2n) is 5.92. The van der Waals surface area contributed by atoms with Crippen molar-refractivity contribution in [2.24, 2.45) is 0 Å². The lowest BCUT2D eigenvalue weighted by molar-refractivity contribution is -0.144. The van der Waals surface area contributed by atoms with Crippen LogP contribution in [0.2, 0.25) is 0 Å². The molecular formula is C15H18N2O5. The second kappa shape index (κ2) is 4.79. The van der Waals surface area contributed by atoms with Gasteiger partial charge in [0, 0.05) is 12.1 Å². The van der Waals surface area contributed by atoms with Crippen molar-refractivity contribution in [1.82, 2.24) is 0 Å². The number of amides is 1. The quantitative estimate of drug-likeness (QED) is 0.860. The van der Waals surface area contributed by atoms with Gasteiger partial charge in [0.1, 0.15) is 24.8 Å². The van der Waals surface area contributed by atoms with E-state index in [2.05, 4.69) is 5.32 Å². The van der Waals surface area contributed by atoms with E-state index in [9.17, 15) is 14.7 Å². The number of carboxylic acids is 1. The first-order valence-electron chi connectivity index (χ1n) is 7.10. The van der Waals surface area contributed by atoms with Gasteiger partial charge in [0.05, 0.1) is 11.4 Å². The van der Waals surface area contributed by atoms with Gasteiger partial charge in [-0.2, -0.15) is 0 Å². The van der Waals surface area contributed by atoms with Crippen molar-refractivity contribution in [3.8, 4) is 11.5 Å². The van der Waals surface area contributed by atoms with Gasteiger partial charge in [0.15, 0.2) is 11.5 Å². The lowest BCUT2D eigenvalue weighted by atomic mass is 9.97. The van der Waals surface area contributed by atoms with Crippen molar-refractivity contribution in [1.29, 1.82) is 0 Å². The van der Waals surface area contributed by atoms with Crippen LogP contribution in [0, 0.1) is 0 Å². The lowest BCUT2D eigenvalue weighted by Crippen LogP contribution is -2.59. The number of fused-ring (bicyclic) bond motifs is 2. The van der Waals surface area contributed by atoms with Crippen LogP contribution in [-0.4, -0.2) is 41.8 Å². The summed E-state index contributed by atoms with van der Waals surface area (Å²) in [6.45, 7) is 5.60. The van der Waals surface area contributed by atoms with Gasteiger partial charge in [-0.3, -0.25) is 9.69 Å². The average molecular weight is 306 g/mol. The summed E-state index contributed by atoms with van der Waals surface area (Å²) < 4.78 is 11.1. The van der Waals surface area contributed by atoms with E-state index in [1.165, 1.54) is 18.7 Å².